The van der Waals surface area contributed by atoms with E-state index >= 15 is 0 Å². The largest absolute Gasteiger partial charge is 0.462 e. The Morgan fingerprint density at radius 2 is 1.80 bits per heavy atom. The molecule has 5 nitrogen and oxygen atoms in total. The third-order valence-electron chi connectivity index (χ3n) is 2.35. The van der Waals surface area contributed by atoms with Crippen LogP contribution in [0.1, 0.15) is 26.3 Å². The zero-order chi connectivity index (χ0) is 15.1. The molecule has 0 aliphatic carbocycles. The highest BCUT2D eigenvalue weighted by atomic mass is 16.5. The highest BCUT2D eigenvalue weighted by Gasteiger charge is 2.16. The van der Waals surface area contributed by atoms with E-state index in [1.165, 1.54) is 19.9 Å². The van der Waals surface area contributed by atoms with Crippen molar-refractivity contribution >= 4 is 23.8 Å². The summed E-state index contributed by atoms with van der Waals surface area (Å²) in [5.41, 5.74) is 0.368. The summed E-state index contributed by atoms with van der Waals surface area (Å²) >= 11 is 0. The maximum absolute atomic E-state index is 11.7. The summed E-state index contributed by atoms with van der Waals surface area (Å²) in [6, 6.07) is 6.62. The molecule has 20 heavy (non-hydrogen) atoms. The molecule has 0 aliphatic heterocycles. The molecule has 0 fully saturated rings. The van der Waals surface area contributed by atoms with Gasteiger partial charge in [-0.3, -0.25) is 9.59 Å². The molecular weight excluding hydrogens is 260 g/mol. The molecule has 0 heterocycles. The van der Waals surface area contributed by atoms with Gasteiger partial charge in [0.1, 0.15) is 11.3 Å². The van der Waals surface area contributed by atoms with Crippen molar-refractivity contribution in [3.63, 3.8) is 0 Å². The number of hydrogen-bond acceptors (Lipinski definition) is 5. The Hall–Kier alpha value is -2.43. The summed E-state index contributed by atoms with van der Waals surface area (Å²) in [7, 11) is 0. The number of carbonyl (C=O) groups is 3. The number of carbonyl (C=O) groups excluding carboxylic acids is 3. The fraction of sp³-hybridized carbons (Fsp3) is 0.267. The van der Waals surface area contributed by atoms with Crippen molar-refractivity contribution < 1.29 is 23.9 Å². The normalized spacial score (nSPS) is 10.8. The number of para-hydroxylation sites is 1. The van der Waals surface area contributed by atoms with Crippen molar-refractivity contribution in [2.75, 3.05) is 6.61 Å². The number of ketones is 1. The molecule has 0 atom stereocenters. The monoisotopic (exact) mass is 276 g/mol. The zero-order valence-electron chi connectivity index (χ0n) is 11.6. The quantitative estimate of drug-likeness (QED) is 0.271. The van der Waals surface area contributed by atoms with Gasteiger partial charge >= 0.3 is 11.9 Å². The summed E-state index contributed by atoms with van der Waals surface area (Å²) in [5.74, 6) is -1.31. The van der Waals surface area contributed by atoms with Crippen molar-refractivity contribution in [1.29, 1.82) is 0 Å². The lowest BCUT2D eigenvalue weighted by Crippen LogP contribution is -2.13. The van der Waals surface area contributed by atoms with E-state index in [-0.39, 0.29) is 17.9 Å². The van der Waals surface area contributed by atoms with Crippen molar-refractivity contribution in [3.8, 4) is 5.75 Å². The predicted octanol–water partition coefficient (Wildman–Crippen LogP) is 2.15. The Labute approximate surface area is 117 Å². The minimum atomic E-state index is -0.697. The van der Waals surface area contributed by atoms with Gasteiger partial charge in [0.2, 0.25) is 0 Å². The molecule has 0 unspecified atom stereocenters. The van der Waals surface area contributed by atoms with E-state index in [4.69, 9.17) is 9.47 Å². The van der Waals surface area contributed by atoms with E-state index in [9.17, 15) is 14.4 Å². The van der Waals surface area contributed by atoms with Crippen LogP contribution in [0.3, 0.4) is 0 Å². The van der Waals surface area contributed by atoms with Crippen LogP contribution in [0.4, 0.5) is 0 Å². The number of ether oxygens (including phenoxy) is 2. The highest BCUT2D eigenvalue weighted by Crippen LogP contribution is 2.22. The molecule has 0 aromatic heterocycles. The number of rotatable bonds is 5. The van der Waals surface area contributed by atoms with Crippen LogP contribution in [0.15, 0.2) is 29.8 Å². The van der Waals surface area contributed by atoms with Gasteiger partial charge in [0, 0.05) is 12.5 Å². The van der Waals surface area contributed by atoms with Gasteiger partial charge in [0.25, 0.3) is 0 Å². The van der Waals surface area contributed by atoms with Crippen molar-refractivity contribution in [3.05, 3.63) is 35.4 Å². The maximum Gasteiger partial charge on any atom is 0.341 e. The molecule has 0 radical (unpaired) electrons. The first-order valence-electron chi connectivity index (χ1n) is 6.13. The van der Waals surface area contributed by atoms with Crippen LogP contribution in [-0.4, -0.2) is 24.3 Å². The van der Waals surface area contributed by atoms with Crippen LogP contribution in [-0.2, 0) is 19.1 Å². The summed E-state index contributed by atoms with van der Waals surface area (Å²) in [5, 5.41) is 0. The van der Waals surface area contributed by atoms with Gasteiger partial charge in [-0.15, -0.1) is 0 Å². The first-order chi connectivity index (χ1) is 9.45. The molecule has 0 spiro atoms. The standard InChI is InChI=1S/C15H16O5/c1-4-19-15(18)13(10(2)16)9-12-7-5-6-8-14(12)20-11(3)17/h5-9H,4H2,1-3H3/b13-9+. The van der Waals surface area contributed by atoms with Crippen molar-refractivity contribution in [2.24, 2.45) is 0 Å². The average Bonchev–Trinajstić information content (AvgIpc) is 2.36. The van der Waals surface area contributed by atoms with Crippen LogP contribution in [0.5, 0.6) is 5.75 Å². The van der Waals surface area contributed by atoms with Gasteiger partial charge in [-0.05, 0) is 26.0 Å². The first-order valence-corrected chi connectivity index (χ1v) is 6.13. The SMILES string of the molecule is CCOC(=O)/C(=C/c1ccccc1OC(C)=O)C(C)=O. The van der Waals surface area contributed by atoms with Crippen molar-refractivity contribution in [1.82, 2.24) is 0 Å². The second-order valence-electron chi connectivity index (χ2n) is 3.97. The van der Waals surface area contributed by atoms with Crippen molar-refractivity contribution in [2.45, 2.75) is 20.8 Å². The molecule has 0 saturated carbocycles. The smallest absolute Gasteiger partial charge is 0.341 e. The van der Waals surface area contributed by atoms with E-state index in [0.717, 1.165) is 0 Å². The third-order valence-corrected chi connectivity index (χ3v) is 2.35. The summed E-state index contributed by atoms with van der Waals surface area (Å²) in [6.07, 6.45) is 1.36. The number of hydrogen-bond donors (Lipinski definition) is 0. The lowest BCUT2D eigenvalue weighted by atomic mass is 10.1. The molecule has 0 saturated heterocycles. The highest BCUT2D eigenvalue weighted by molar-refractivity contribution is 6.19. The zero-order valence-corrected chi connectivity index (χ0v) is 11.6. The Bertz CT molecular complexity index is 557. The molecule has 1 aromatic carbocycles. The molecule has 5 heteroatoms. The fourth-order valence-electron chi connectivity index (χ4n) is 1.52. The Kier molecular flexibility index (Phi) is 5.65. The van der Waals surface area contributed by atoms with Crippen LogP contribution in [0.2, 0.25) is 0 Å². The van der Waals surface area contributed by atoms with Crippen LogP contribution in [0.25, 0.3) is 6.08 Å². The molecule has 0 amide bonds. The van der Waals surface area contributed by atoms with E-state index in [1.54, 1.807) is 31.2 Å². The molecule has 0 bridgehead atoms. The number of benzene rings is 1. The lowest BCUT2D eigenvalue weighted by molar-refractivity contribution is -0.139. The predicted molar refractivity (Wildman–Crippen MR) is 73.0 cm³/mol. The summed E-state index contributed by atoms with van der Waals surface area (Å²) in [4.78, 5) is 34.2. The van der Waals surface area contributed by atoms with E-state index in [2.05, 4.69) is 0 Å². The molecule has 1 aromatic rings. The maximum atomic E-state index is 11.7. The Morgan fingerprint density at radius 1 is 1.15 bits per heavy atom. The molecule has 0 aliphatic rings. The molecule has 106 valence electrons. The molecule has 0 N–H and O–H groups in total. The van der Waals surface area contributed by atoms with Gasteiger partial charge in [0.15, 0.2) is 5.78 Å². The molecular formula is C15H16O5. The number of Topliss-reactive ketones (excluding diaryl/α,β-unsaturated/α-hetero) is 1. The second kappa shape index (κ2) is 7.23. The van der Waals surface area contributed by atoms with E-state index < -0.39 is 17.7 Å². The third kappa shape index (κ3) is 4.35. The van der Waals surface area contributed by atoms with Gasteiger partial charge < -0.3 is 9.47 Å². The minimum absolute atomic E-state index is 0.0912. The van der Waals surface area contributed by atoms with Crippen LogP contribution < -0.4 is 4.74 Å². The van der Waals surface area contributed by atoms with Crippen LogP contribution >= 0.6 is 0 Å². The summed E-state index contributed by atoms with van der Waals surface area (Å²) in [6.45, 7) is 4.38. The first kappa shape index (κ1) is 15.6. The van der Waals surface area contributed by atoms with Gasteiger partial charge in [0.05, 0.1) is 6.61 Å². The van der Waals surface area contributed by atoms with Crippen LogP contribution in [0, 0.1) is 0 Å². The number of esters is 2. The topological polar surface area (TPSA) is 69.7 Å². The molecule has 1 rings (SSSR count). The van der Waals surface area contributed by atoms with Gasteiger partial charge in [-0.1, -0.05) is 18.2 Å². The van der Waals surface area contributed by atoms with E-state index in [1.807, 2.05) is 0 Å². The Morgan fingerprint density at radius 3 is 2.35 bits per heavy atom. The minimum Gasteiger partial charge on any atom is -0.462 e. The summed E-state index contributed by atoms with van der Waals surface area (Å²) < 4.78 is 9.84. The lowest BCUT2D eigenvalue weighted by Gasteiger charge is -2.07. The van der Waals surface area contributed by atoms with Gasteiger partial charge in [-0.2, -0.15) is 0 Å². The van der Waals surface area contributed by atoms with Gasteiger partial charge in [-0.25, -0.2) is 4.79 Å². The fourth-order valence-corrected chi connectivity index (χ4v) is 1.52. The average molecular weight is 276 g/mol. The Balaban J connectivity index is 3.20. The van der Waals surface area contributed by atoms with E-state index in [0.29, 0.717) is 5.56 Å². The second-order valence-corrected chi connectivity index (χ2v) is 3.97.